The van der Waals surface area contributed by atoms with Crippen LogP contribution in [-0.4, -0.2) is 7.11 Å². The van der Waals surface area contributed by atoms with Crippen LogP contribution in [0.3, 0.4) is 0 Å². The van der Waals surface area contributed by atoms with E-state index in [2.05, 4.69) is 87.5 Å². The van der Waals surface area contributed by atoms with Gasteiger partial charge in [0.05, 0.1) is 12.0 Å². The van der Waals surface area contributed by atoms with E-state index in [-0.39, 0.29) is 5.41 Å². The molecule has 0 heterocycles. The number of hydrogen-bond acceptors (Lipinski definition) is 4. The minimum atomic E-state index is -0.0623. The van der Waals surface area contributed by atoms with Crippen LogP contribution < -0.4 is 4.74 Å². The second-order valence-corrected chi connectivity index (χ2v) is 12.7. The zero-order valence-electron chi connectivity index (χ0n) is 23.7. The average Bonchev–Trinajstić information content (AvgIpc) is 3.24. The first-order chi connectivity index (χ1) is 18.9. The summed E-state index contributed by atoms with van der Waals surface area (Å²) in [5.74, 6) is 0.773. The van der Waals surface area contributed by atoms with E-state index in [0.29, 0.717) is 11.1 Å². The van der Waals surface area contributed by atoms with E-state index in [0.717, 1.165) is 34.3 Å². The molecule has 6 rings (SSSR count). The van der Waals surface area contributed by atoms with Crippen molar-refractivity contribution in [1.29, 1.82) is 0 Å². The summed E-state index contributed by atoms with van der Waals surface area (Å²) in [6.07, 6.45) is 7.11. The largest absolute Gasteiger partial charge is 0.496 e. The maximum absolute atomic E-state index is 12.3. The summed E-state index contributed by atoms with van der Waals surface area (Å²) in [6, 6.07) is 21.7. The summed E-state index contributed by atoms with van der Waals surface area (Å²) < 4.78 is 5.89. The molecule has 0 N–H and O–H groups in total. The third kappa shape index (κ3) is 3.94. The van der Waals surface area contributed by atoms with Crippen LogP contribution >= 0.6 is 11.8 Å². The predicted molar refractivity (Wildman–Crippen MR) is 164 cm³/mol. The second-order valence-electron chi connectivity index (χ2n) is 11.6. The lowest BCUT2D eigenvalue weighted by Crippen LogP contribution is -2.36. The normalized spacial score (nSPS) is 16.7. The van der Waals surface area contributed by atoms with Gasteiger partial charge in [0.1, 0.15) is 11.4 Å². The van der Waals surface area contributed by atoms with Gasteiger partial charge in [-0.2, -0.15) is 0 Å². The fourth-order valence-corrected chi connectivity index (χ4v) is 8.53. The Balaban J connectivity index is 1.60. The zero-order chi connectivity index (χ0) is 27.4. The van der Waals surface area contributed by atoms with E-state index in [4.69, 9.17) is 4.74 Å². The van der Waals surface area contributed by atoms with Gasteiger partial charge in [-0.05, 0) is 107 Å². The van der Waals surface area contributed by atoms with Crippen LogP contribution in [0.4, 0.5) is 5.69 Å². The Bertz CT molecular complexity index is 1570. The molecule has 2 aliphatic carbocycles. The van der Waals surface area contributed by atoms with Crippen LogP contribution in [0.2, 0.25) is 0 Å². The molecule has 1 fully saturated rings. The van der Waals surface area contributed by atoms with Crippen molar-refractivity contribution in [3.05, 3.63) is 87.8 Å². The highest BCUT2D eigenvalue weighted by atomic mass is 32.2. The molecule has 0 unspecified atom stereocenters. The Labute approximate surface area is 236 Å². The molecule has 0 aliphatic heterocycles. The Morgan fingerprint density at radius 1 is 0.846 bits per heavy atom. The van der Waals surface area contributed by atoms with E-state index >= 15 is 0 Å². The summed E-state index contributed by atoms with van der Waals surface area (Å²) in [4.78, 5) is 14.6. The van der Waals surface area contributed by atoms with Gasteiger partial charge in [-0.25, -0.2) is 0 Å². The zero-order valence-corrected chi connectivity index (χ0v) is 24.5. The number of benzene rings is 4. The highest BCUT2D eigenvalue weighted by Crippen LogP contribution is 2.62. The smallest absolute Gasteiger partial charge is 0.133 e. The molecule has 0 amide bonds. The van der Waals surface area contributed by atoms with Crippen molar-refractivity contribution in [2.24, 2.45) is 10.6 Å². The minimum Gasteiger partial charge on any atom is -0.496 e. The highest BCUT2D eigenvalue weighted by molar-refractivity contribution is 7.99. The van der Waals surface area contributed by atoms with Crippen molar-refractivity contribution < 1.29 is 4.74 Å². The van der Waals surface area contributed by atoms with E-state index in [9.17, 15) is 4.91 Å². The van der Waals surface area contributed by atoms with Crippen LogP contribution in [0.1, 0.15) is 74.6 Å². The van der Waals surface area contributed by atoms with Gasteiger partial charge in [0.25, 0.3) is 0 Å². The molecule has 2 aliphatic rings. The Hall–Kier alpha value is -3.11. The highest BCUT2D eigenvalue weighted by Gasteiger charge is 2.49. The van der Waals surface area contributed by atoms with Gasteiger partial charge in [0.2, 0.25) is 0 Å². The van der Waals surface area contributed by atoms with Crippen molar-refractivity contribution in [3.63, 3.8) is 0 Å². The number of ether oxygens (including phenoxy) is 1. The molecule has 0 saturated heterocycles. The number of hydrogen-bond donors (Lipinski definition) is 0. The minimum absolute atomic E-state index is 0.0623. The lowest BCUT2D eigenvalue weighted by atomic mass is 9.58. The van der Waals surface area contributed by atoms with Crippen molar-refractivity contribution in [2.75, 3.05) is 7.11 Å². The second kappa shape index (κ2) is 9.82. The van der Waals surface area contributed by atoms with Gasteiger partial charge in [-0.15, -0.1) is 4.91 Å². The maximum atomic E-state index is 12.3. The molecule has 1 saturated carbocycles. The van der Waals surface area contributed by atoms with Crippen LogP contribution in [0.15, 0.2) is 75.6 Å². The summed E-state index contributed by atoms with van der Waals surface area (Å²) in [6.45, 7) is 9.01. The summed E-state index contributed by atoms with van der Waals surface area (Å²) in [5, 5.41) is 5.55. The van der Waals surface area contributed by atoms with E-state index < -0.39 is 0 Å². The van der Waals surface area contributed by atoms with Crippen molar-refractivity contribution in [1.82, 2.24) is 0 Å². The van der Waals surface area contributed by atoms with E-state index in [1.165, 1.54) is 64.0 Å². The number of methoxy groups -OCH3 is 1. The molecule has 3 nitrogen and oxygen atoms in total. The topological polar surface area (TPSA) is 38.7 Å². The van der Waals surface area contributed by atoms with Crippen molar-refractivity contribution >= 4 is 28.2 Å². The van der Waals surface area contributed by atoms with Crippen LogP contribution in [0, 0.1) is 24.2 Å². The standard InChI is InChI=1S/C35H37NO2S/c1-6-34(7-2)15-17-35(18-16-34)27-14-9-8-13-24(27)32-26-20-31(39-33-22(3)11-10-12-23(33)4)30(38-5)19-25(26)29(36-37)21-28(32)35/h8-14,19-21H,6-7,15-18H2,1-5H3. The Kier molecular flexibility index (Phi) is 6.58. The van der Waals surface area contributed by atoms with Crippen LogP contribution in [0.5, 0.6) is 5.75 Å². The number of aryl methyl sites for hydroxylation is 2. The van der Waals surface area contributed by atoms with Crippen molar-refractivity contribution in [3.8, 4) is 16.9 Å². The van der Waals surface area contributed by atoms with E-state index in [1.54, 1.807) is 18.9 Å². The molecular weight excluding hydrogens is 498 g/mol. The molecule has 0 atom stereocenters. The van der Waals surface area contributed by atoms with Gasteiger partial charge in [0, 0.05) is 15.7 Å². The number of fused-ring (bicyclic) bond motifs is 7. The molecule has 200 valence electrons. The summed E-state index contributed by atoms with van der Waals surface area (Å²) in [5.41, 5.74) is 8.67. The molecule has 0 radical (unpaired) electrons. The molecule has 0 aromatic heterocycles. The molecular formula is C35H37NO2S. The predicted octanol–water partition coefficient (Wildman–Crippen LogP) is 10.7. The first-order valence-corrected chi connectivity index (χ1v) is 15.1. The van der Waals surface area contributed by atoms with Gasteiger partial charge < -0.3 is 4.74 Å². The third-order valence-corrected chi connectivity index (χ3v) is 11.4. The quantitative estimate of drug-likeness (QED) is 0.230. The van der Waals surface area contributed by atoms with Gasteiger partial charge >= 0.3 is 0 Å². The molecule has 4 heteroatoms. The molecule has 39 heavy (non-hydrogen) atoms. The van der Waals surface area contributed by atoms with Gasteiger partial charge in [-0.3, -0.25) is 0 Å². The average molecular weight is 536 g/mol. The van der Waals surface area contributed by atoms with Crippen molar-refractivity contribution in [2.45, 2.75) is 81.4 Å². The molecule has 0 bridgehead atoms. The maximum Gasteiger partial charge on any atom is 0.133 e. The van der Waals surface area contributed by atoms with Crippen LogP contribution in [0.25, 0.3) is 21.9 Å². The van der Waals surface area contributed by atoms with E-state index in [1.807, 2.05) is 6.07 Å². The molecule has 4 aromatic carbocycles. The van der Waals surface area contributed by atoms with Gasteiger partial charge in [-0.1, -0.05) is 80.9 Å². The van der Waals surface area contributed by atoms with Gasteiger partial charge in [0.15, 0.2) is 0 Å². The number of rotatable bonds is 6. The summed E-state index contributed by atoms with van der Waals surface area (Å²) >= 11 is 1.75. The number of nitrogens with zero attached hydrogens (tertiary/aromatic N) is 1. The lowest BCUT2D eigenvalue weighted by molar-refractivity contribution is 0.133. The fourth-order valence-electron chi connectivity index (χ4n) is 7.43. The monoisotopic (exact) mass is 535 g/mol. The SMILES string of the molecule is CCC1(CC)CCC2(CC1)c1ccccc1-c1c2cc(N=O)c2cc(OC)c(Sc3c(C)cccc3C)cc12. The summed E-state index contributed by atoms with van der Waals surface area (Å²) in [7, 11) is 1.71. The fraction of sp³-hybridized carbons (Fsp3) is 0.371. The lowest BCUT2D eigenvalue weighted by Gasteiger charge is -2.45. The van der Waals surface area contributed by atoms with Crippen LogP contribution in [-0.2, 0) is 5.41 Å². The first-order valence-electron chi connectivity index (χ1n) is 14.3. The number of nitroso groups, excluding NO2 is 1. The Morgan fingerprint density at radius 2 is 1.54 bits per heavy atom. The third-order valence-electron chi connectivity index (χ3n) is 10.0. The Morgan fingerprint density at radius 3 is 2.18 bits per heavy atom. The molecule has 4 aromatic rings. The first kappa shape index (κ1) is 26.1. The molecule has 1 spiro atoms.